The predicted octanol–water partition coefficient (Wildman–Crippen LogP) is 6.67. The summed E-state index contributed by atoms with van der Waals surface area (Å²) in [4.78, 5) is 11.5. The van der Waals surface area contributed by atoms with E-state index in [1.807, 2.05) is 0 Å². The molecule has 2 atom stereocenters. The molecule has 0 unspecified atom stereocenters. The van der Waals surface area contributed by atoms with Crippen LogP contribution in [-0.2, 0) is 6.18 Å². The van der Waals surface area contributed by atoms with Gasteiger partial charge in [-0.2, -0.15) is 13.2 Å². The predicted molar refractivity (Wildman–Crippen MR) is 137 cm³/mol. The van der Waals surface area contributed by atoms with E-state index in [1.54, 1.807) is 33.1 Å². The van der Waals surface area contributed by atoms with Crippen molar-refractivity contribution < 1.29 is 27.0 Å². The molecule has 2 aromatic carbocycles. The van der Waals surface area contributed by atoms with Gasteiger partial charge >= 0.3 is 6.18 Å². The Morgan fingerprint density at radius 1 is 1.11 bits per heavy atom. The summed E-state index contributed by atoms with van der Waals surface area (Å²) >= 11 is 0. The Labute approximate surface area is 219 Å². The highest BCUT2D eigenvalue weighted by molar-refractivity contribution is 5.92. The van der Waals surface area contributed by atoms with E-state index in [-0.39, 0.29) is 5.56 Å². The van der Waals surface area contributed by atoms with Gasteiger partial charge in [0.15, 0.2) is 11.5 Å². The molecule has 0 bridgehead atoms. The number of nitrogens with one attached hydrogen (secondary N) is 1. The number of nitrogens with zero attached hydrogens (tertiary/aromatic N) is 3. The number of alkyl halides is 3. The van der Waals surface area contributed by atoms with Crippen molar-refractivity contribution in [1.29, 1.82) is 0 Å². The number of aromatic nitrogens is 2. The summed E-state index contributed by atoms with van der Waals surface area (Å²) in [6.07, 6.45) is 1.23. The Bertz CT molecular complexity index is 1310. The number of likely N-dealkylation sites (tertiary alicyclic amines) is 1. The molecule has 38 heavy (non-hydrogen) atoms. The smallest absolute Gasteiger partial charge is 0.419 e. The van der Waals surface area contributed by atoms with Crippen LogP contribution in [-0.4, -0.2) is 47.2 Å². The molecule has 204 valence electrons. The molecule has 1 saturated heterocycles. The molecular weight excluding hydrogens is 500 g/mol. The van der Waals surface area contributed by atoms with Gasteiger partial charge in [0.25, 0.3) is 0 Å². The summed E-state index contributed by atoms with van der Waals surface area (Å²) in [7, 11) is 1.57. The summed E-state index contributed by atoms with van der Waals surface area (Å²) in [5, 5.41) is 3.70. The quantitative estimate of drug-likeness (QED) is 0.327. The van der Waals surface area contributed by atoms with E-state index in [9.17, 15) is 17.6 Å². The molecule has 2 aliphatic rings. The van der Waals surface area contributed by atoms with E-state index < -0.39 is 23.6 Å². The van der Waals surface area contributed by atoms with Gasteiger partial charge < -0.3 is 14.8 Å². The molecule has 1 saturated carbocycles. The highest BCUT2D eigenvalue weighted by Crippen LogP contribution is 2.38. The van der Waals surface area contributed by atoms with E-state index in [1.165, 1.54) is 31.4 Å². The Balaban J connectivity index is 1.43. The van der Waals surface area contributed by atoms with Crippen LogP contribution in [0.5, 0.6) is 11.5 Å². The zero-order valence-corrected chi connectivity index (χ0v) is 21.7. The number of rotatable bonds is 8. The molecule has 0 amide bonds. The average molecular weight is 533 g/mol. The number of hydrogen-bond donors (Lipinski definition) is 1. The number of halogens is 4. The summed E-state index contributed by atoms with van der Waals surface area (Å²) in [6.45, 7) is 4.93. The highest BCUT2D eigenvalue weighted by Gasteiger charge is 2.36. The third-order valence-electron chi connectivity index (χ3n) is 7.64. The first-order valence-corrected chi connectivity index (χ1v) is 13.0. The molecule has 0 radical (unpaired) electrons. The minimum absolute atomic E-state index is 0.105. The standard InChI is InChI=1S/C28H32F4N4O2/c1-16(20-10-5-11-22(26(20)29)28(30,31)32)33-27-21-13-25(24(37-3)14-23(21)34-17(2)35-27)38-15-19-9-6-12-36(19)18-7-4-8-18/h5,10-11,13-14,16,18-19H,4,6-9,12,15H2,1-3H3,(H,33,34,35)/t16-,19+/m1/s1. The van der Waals surface area contributed by atoms with Gasteiger partial charge in [-0.15, -0.1) is 0 Å². The second-order valence-corrected chi connectivity index (χ2v) is 10.1. The number of hydrogen-bond acceptors (Lipinski definition) is 6. The van der Waals surface area contributed by atoms with Crippen LogP contribution < -0.4 is 14.8 Å². The minimum atomic E-state index is -4.78. The SMILES string of the molecule is COc1cc2nc(C)nc(N[C@H](C)c3cccc(C(F)(F)F)c3F)c2cc1OC[C@@H]1CCCN1C1CCC1. The monoisotopic (exact) mass is 532 g/mol. The first kappa shape index (κ1) is 26.5. The molecule has 1 aliphatic carbocycles. The molecule has 2 heterocycles. The van der Waals surface area contributed by atoms with Crippen LogP contribution in [0.3, 0.4) is 0 Å². The zero-order valence-electron chi connectivity index (χ0n) is 21.7. The van der Waals surface area contributed by atoms with Gasteiger partial charge in [-0.05, 0) is 58.2 Å². The molecule has 6 nitrogen and oxygen atoms in total. The molecule has 1 N–H and O–H groups in total. The molecule has 0 spiro atoms. The van der Waals surface area contributed by atoms with Crippen molar-refractivity contribution in [2.24, 2.45) is 0 Å². The van der Waals surface area contributed by atoms with Gasteiger partial charge in [-0.3, -0.25) is 4.90 Å². The summed E-state index contributed by atoms with van der Waals surface area (Å²) in [5.74, 6) is 0.602. The molecule has 1 aliphatic heterocycles. The minimum Gasteiger partial charge on any atom is -0.493 e. The van der Waals surface area contributed by atoms with E-state index in [0.717, 1.165) is 25.5 Å². The average Bonchev–Trinajstić information content (AvgIpc) is 3.28. The number of ether oxygens (including phenoxy) is 2. The third kappa shape index (κ3) is 5.23. The topological polar surface area (TPSA) is 59.5 Å². The van der Waals surface area contributed by atoms with E-state index in [2.05, 4.69) is 20.2 Å². The highest BCUT2D eigenvalue weighted by atomic mass is 19.4. The second kappa shape index (κ2) is 10.6. The van der Waals surface area contributed by atoms with Gasteiger partial charge in [0, 0.05) is 29.1 Å². The van der Waals surface area contributed by atoms with Crippen molar-refractivity contribution in [3.63, 3.8) is 0 Å². The summed E-state index contributed by atoms with van der Waals surface area (Å²) < 4.78 is 66.5. The van der Waals surface area contributed by atoms with Crippen molar-refractivity contribution in [1.82, 2.24) is 14.9 Å². The van der Waals surface area contributed by atoms with Gasteiger partial charge in [0.05, 0.1) is 24.2 Å². The maximum Gasteiger partial charge on any atom is 0.419 e. The van der Waals surface area contributed by atoms with Crippen LogP contribution in [0.15, 0.2) is 30.3 Å². The van der Waals surface area contributed by atoms with E-state index in [0.29, 0.717) is 52.7 Å². The largest absolute Gasteiger partial charge is 0.493 e. The lowest BCUT2D eigenvalue weighted by molar-refractivity contribution is -0.140. The van der Waals surface area contributed by atoms with Crippen LogP contribution in [0.2, 0.25) is 0 Å². The van der Waals surface area contributed by atoms with E-state index in [4.69, 9.17) is 9.47 Å². The van der Waals surface area contributed by atoms with Crippen molar-refractivity contribution >= 4 is 16.7 Å². The Hall–Kier alpha value is -3.14. The Morgan fingerprint density at radius 3 is 2.58 bits per heavy atom. The van der Waals surface area contributed by atoms with Crippen molar-refractivity contribution in [3.05, 3.63) is 53.1 Å². The lowest BCUT2D eigenvalue weighted by atomic mass is 9.91. The fraction of sp³-hybridized carbons (Fsp3) is 0.500. The number of anilines is 1. The molecule has 3 aromatic rings. The van der Waals surface area contributed by atoms with Crippen molar-refractivity contribution in [3.8, 4) is 11.5 Å². The zero-order chi connectivity index (χ0) is 27.0. The van der Waals surface area contributed by atoms with Crippen LogP contribution in [0.25, 0.3) is 10.9 Å². The van der Waals surface area contributed by atoms with Crippen LogP contribution >= 0.6 is 0 Å². The van der Waals surface area contributed by atoms with Crippen molar-refractivity contribution in [2.45, 2.75) is 70.3 Å². The Morgan fingerprint density at radius 2 is 1.89 bits per heavy atom. The molecule has 10 heteroatoms. The normalized spacial score (nSPS) is 19.4. The number of fused-ring (bicyclic) bond motifs is 1. The summed E-state index contributed by atoms with van der Waals surface area (Å²) in [5.41, 5.74) is -0.819. The number of benzene rings is 2. The first-order chi connectivity index (χ1) is 18.2. The van der Waals surface area contributed by atoms with Gasteiger partial charge in [-0.1, -0.05) is 18.6 Å². The van der Waals surface area contributed by atoms with Crippen LogP contribution in [0.4, 0.5) is 23.4 Å². The molecule has 5 rings (SSSR count). The summed E-state index contributed by atoms with van der Waals surface area (Å²) in [6, 6.07) is 7.02. The van der Waals surface area contributed by atoms with Gasteiger partial charge in [0.1, 0.15) is 24.1 Å². The molecular formula is C28H32F4N4O2. The van der Waals surface area contributed by atoms with Crippen LogP contribution in [0.1, 0.15) is 62.0 Å². The third-order valence-corrected chi connectivity index (χ3v) is 7.64. The maximum atomic E-state index is 14.8. The second-order valence-electron chi connectivity index (χ2n) is 10.1. The van der Waals surface area contributed by atoms with Crippen LogP contribution in [0, 0.1) is 12.7 Å². The van der Waals surface area contributed by atoms with Gasteiger partial charge in [0.2, 0.25) is 0 Å². The first-order valence-electron chi connectivity index (χ1n) is 13.0. The number of methoxy groups -OCH3 is 1. The fourth-order valence-electron chi connectivity index (χ4n) is 5.44. The molecule has 1 aromatic heterocycles. The maximum absolute atomic E-state index is 14.8. The fourth-order valence-corrected chi connectivity index (χ4v) is 5.44. The number of aryl methyl sites for hydroxylation is 1. The van der Waals surface area contributed by atoms with Crippen molar-refractivity contribution in [2.75, 3.05) is 25.6 Å². The van der Waals surface area contributed by atoms with E-state index >= 15 is 0 Å². The Kier molecular flexibility index (Phi) is 7.35. The lowest BCUT2D eigenvalue weighted by Crippen LogP contribution is -2.45. The van der Waals surface area contributed by atoms with Gasteiger partial charge in [-0.25, -0.2) is 14.4 Å². The lowest BCUT2D eigenvalue weighted by Gasteiger charge is -2.38. The molecule has 2 fully saturated rings.